The molecule has 0 atom stereocenters. The highest BCUT2D eigenvalue weighted by Gasteiger charge is 2.24. The summed E-state index contributed by atoms with van der Waals surface area (Å²) in [4.78, 5) is 15.4. The van der Waals surface area contributed by atoms with Crippen molar-refractivity contribution in [2.75, 3.05) is 38.5 Å². The van der Waals surface area contributed by atoms with Crippen molar-refractivity contribution in [1.82, 2.24) is 15.5 Å². The average molecular weight is 293 g/mol. The molecule has 4 nitrogen and oxygen atoms in total. The van der Waals surface area contributed by atoms with Gasteiger partial charge in [-0.3, -0.25) is 9.69 Å². The second kappa shape index (κ2) is 8.29. The van der Waals surface area contributed by atoms with E-state index in [-0.39, 0.29) is 5.91 Å². The van der Waals surface area contributed by atoms with Crippen molar-refractivity contribution in [2.45, 2.75) is 17.9 Å². The number of benzene rings is 1. The molecule has 110 valence electrons. The second-order valence-electron chi connectivity index (χ2n) is 4.89. The quantitative estimate of drug-likeness (QED) is 0.558. The number of amides is 1. The first-order valence-corrected chi connectivity index (χ1v) is 8.17. The molecule has 5 heteroatoms. The molecular weight excluding hydrogens is 270 g/mol. The van der Waals surface area contributed by atoms with E-state index in [9.17, 15) is 4.79 Å². The highest BCUT2D eigenvalue weighted by atomic mass is 32.2. The van der Waals surface area contributed by atoms with E-state index in [2.05, 4.69) is 34.6 Å². The fourth-order valence-corrected chi connectivity index (χ4v) is 2.94. The van der Waals surface area contributed by atoms with Crippen molar-refractivity contribution >= 4 is 17.7 Å². The predicted octanol–water partition coefficient (Wildman–Crippen LogP) is 1.19. The molecule has 2 N–H and O–H groups in total. The molecule has 1 saturated heterocycles. The van der Waals surface area contributed by atoms with Gasteiger partial charge < -0.3 is 10.6 Å². The lowest BCUT2D eigenvalue weighted by Gasteiger charge is -2.37. The van der Waals surface area contributed by atoms with E-state index in [1.54, 1.807) is 11.8 Å². The highest BCUT2D eigenvalue weighted by molar-refractivity contribution is 7.99. The van der Waals surface area contributed by atoms with E-state index in [1.807, 2.05) is 18.2 Å². The van der Waals surface area contributed by atoms with Gasteiger partial charge in [-0.25, -0.2) is 0 Å². The molecule has 1 aromatic rings. The molecule has 0 aromatic heterocycles. The van der Waals surface area contributed by atoms with Gasteiger partial charge in [-0.1, -0.05) is 25.1 Å². The van der Waals surface area contributed by atoms with Crippen LogP contribution >= 0.6 is 11.8 Å². The number of nitrogens with zero attached hydrogens (tertiary/aromatic N) is 1. The van der Waals surface area contributed by atoms with Crippen molar-refractivity contribution in [1.29, 1.82) is 0 Å². The van der Waals surface area contributed by atoms with Gasteiger partial charge in [0.15, 0.2) is 0 Å². The van der Waals surface area contributed by atoms with Gasteiger partial charge in [0, 0.05) is 36.3 Å². The SMILES string of the molecule is CCN(CC(=O)NCCSc1ccccc1)C1CNC1. The molecule has 2 rings (SSSR count). The topological polar surface area (TPSA) is 44.4 Å². The van der Waals surface area contributed by atoms with Crippen LogP contribution in [0.15, 0.2) is 35.2 Å². The Balaban J connectivity index is 1.60. The monoisotopic (exact) mass is 293 g/mol. The molecule has 0 aliphatic carbocycles. The van der Waals surface area contributed by atoms with Crippen molar-refractivity contribution in [3.05, 3.63) is 30.3 Å². The smallest absolute Gasteiger partial charge is 0.234 e. The lowest BCUT2D eigenvalue weighted by Crippen LogP contribution is -2.58. The molecule has 1 heterocycles. The number of thioether (sulfide) groups is 1. The van der Waals surface area contributed by atoms with Crippen molar-refractivity contribution < 1.29 is 4.79 Å². The van der Waals surface area contributed by atoms with Crippen molar-refractivity contribution in [3.8, 4) is 0 Å². The Morgan fingerprint density at radius 1 is 1.40 bits per heavy atom. The molecule has 0 unspecified atom stereocenters. The summed E-state index contributed by atoms with van der Waals surface area (Å²) in [6, 6.07) is 10.8. The zero-order chi connectivity index (χ0) is 14.2. The second-order valence-corrected chi connectivity index (χ2v) is 6.05. The first-order valence-electron chi connectivity index (χ1n) is 7.19. The number of carbonyl (C=O) groups excluding carboxylic acids is 1. The van der Waals surface area contributed by atoms with E-state index >= 15 is 0 Å². The fourth-order valence-electron chi connectivity index (χ4n) is 2.15. The summed E-state index contributed by atoms with van der Waals surface area (Å²) in [5.41, 5.74) is 0. The zero-order valence-electron chi connectivity index (χ0n) is 12.0. The summed E-state index contributed by atoms with van der Waals surface area (Å²) in [7, 11) is 0. The molecule has 0 spiro atoms. The number of rotatable bonds is 8. The Kier molecular flexibility index (Phi) is 6.36. The maximum atomic E-state index is 11.9. The maximum Gasteiger partial charge on any atom is 0.234 e. The third-order valence-electron chi connectivity index (χ3n) is 3.47. The van der Waals surface area contributed by atoms with Crippen LogP contribution in [0.2, 0.25) is 0 Å². The first kappa shape index (κ1) is 15.4. The largest absolute Gasteiger partial charge is 0.354 e. The van der Waals surface area contributed by atoms with Crippen LogP contribution in [0.5, 0.6) is 0 Å². The standard InChI is InChI=1S/C15H23N3OS/c1-2-18(13-10-16-11-13)12-15(19)17-8-9-20-14-6-4-3-5-7-14/h3-7,13,16H,2,8-12H2,1H3,(H,17,19). The molecule has 1 aliphatic rings. The molecular formula is C15H23N3OS. The van der Waals surface area contributed by atoms with Gasteiger partial charge in [-0.2, -0.15) is 0 Å². The van der Waals surface area contributed by atoms with Gasteiger partial charge in [0.05, 0.1) is 6.54 Å². The lowest BCUT2D eigenvalue weighted by atomic mass is 10.1. The fraction of sp³-hybridized carbons (Fsp3) is 0.533. The van der Waals surface area contributed by atoms with Gasteiger partial charge in [-0.05, 0) is 18.7 Å². The third-order valence-corrected chi connectivity index (χ3v) is 4.48. The third kappa shape index (κ3) is 4.81. The van der Waals surface area contributed by atoms with Gasteiger partial charge in [0.1, 0.15) is 0 Å². The minimum absolute atomic E-state index is 0.132. The van der Waals surface area contributed by atoms with Gasteiger partial charge in [0.2, 0.25) is 5.91 Å². The molecule has 0 saturated carbocycles. The van der Waals surface area contributed by atoms with E-state index in [0.29, 0.717) is 12.6 Å². The number of hydrogen-bond acceptors (Lipinski definition) is 4. The normalized spacial score (nSPS) is 15.1. The first-order chi connectivity index (χ1) is 9.79. The summed E-state index contributed by atoms with van der Waals surface area (Å²) in [6.07, 6.45) is 0. The number of hydrogen-bond donors (Lipinski definition) is 2. The Hall–Kier alpha value is -1.04. The molecule has 1 fully saturated rings. The lowest BCUT2D eigenvalue weighted by molar-refractivity contribution is -0.122. The number of carbonyl (C=O) groups is 1. The summed E-state index contributed by atoms with van der Waals surface area (Å²) >= 11 is 1.77. The van der Waals surface area contributed by atoms with Crippen LogP contribution in [-0.4, -0.2) is 55.3 Å². The van der Waals surface area contributed by atoms with Crippen LogP contribution < -0.4 is 10.6 Å². The Morgan fingerprint density at radius 2 is 2.15 bits per heavy atom. The van der Waals surface area contributed by atoms with Gasteiger partial charge in [-0.15, -0.1) is 11.8 Å². The minimum atomic E-state index is 0.132. The van der Waals surface area contributed by atoms with Crippen LogP contribution in [0, 0.1) is 0 Å². The summed E-state index contributed by atoms with van der Waals surface area (Å²) in [5, 5.41) is 6.24. The maximum absolute atomic E-state index is 11.9. The Morgan fingerprint density at radius 3 is 2.75 bits per heavy atom. The van der Waals surface area contributed by atoms with Crippen LogP contribution in [0.3, 0.4) is 0 Å². The minimum Gasteiger partial charge on any atom is -0.354 e. The molecule has 1 aliphatic heterocycles. The van der Waals surface area contributed by atoms with Crippen LogP contribution in [0.25, 0.3) is 0 Å². The van der Waals surface area contributed by atoms with Crippen LogP contribution in [0.4, 0.5) is 0 Å². The molecule has 1 amide bonds. The molecule has 20 heavy (non-hydrogen) atoms. The highest BCUT2D eigenvalue weighted by Crippen LogP contribution is 2.15. The number of likely N-dealkylation sites (N-methyl/N-ethyl adjacent to an activating group) is 1. The average Bonchev–Trinajstić information content (AvgIpc) is 2.42. The molecule has 1 aromatic carbocycles. The molecule has 0 radical (unpaired) electrons. The Bertz CT molecular complexity index is 409. The summed E-state index contributed by atoms with van der Waals surface area (Å²) < 4.78 is 0. The molecule has 0 bridgehead atoms. The summed E-state index contributed by atoms with van der Waals surface area (Å²) in [6.45, 7) is 6.28. The Labute approximate surface area is 125 Å². The van der Waals surface area contributed by atoms with E-state index in [4.69, 9.17) is 0 Å². The summed E-state index contributed by atoms with van der Waals surface area (Å²) in [5.74, 6) is 1.04. The van der Waals surface area contributed by atoms with Crippen LogP contribution in [0.1, 0.15) is 6.92 Å². The van der Waals surface area contributed by atoms with Crippen LogP contribution in [-0.2, 0) is 4.79 Å². The van der Waals surface area contributed by atoms with Crippen molar-refractivity contribution in [2.24, 2.45) is 0 Å². The zero-order valence-corrected chi connectivity index (χ0v) is 12.8. The van der Waals surface area contributed by atoms with Crippen molar-refractivity contribution in [3.63, 3.8) is 0 Å². The predicted molar refractivity (Wildman–Crippen MR) is 84.1 cm³/mol. The number of nitrogens with one attached hydrogen (secondary N) is 2. The van der Waals surface area contributed by atoms with E-state index in [0.717, 1.165) is 31.9 Å². The van der Waals surface area contributed by atoms with E-state index < -0.39 is 0 Å². The van der Waals surface area contributed by atoms with Gasteiger partial charge in [0.25, 0.3) is 0 Å². The van der Waals surface area contributed by atoms with E-state index in [1.165, 1.54) is 4.90 Å². The van der Waals surface area contributed by atoms with Gasteiger partial charge >= 0.3 is 0 Å².